The van der Waals surface area contributed by atoms with Gasteiger partial charge in [-0.3, -0.25) is 10.1 Å². The summed E-state index contributed by atoms with van der Waals surface area (Å²) in [6.07, 6.45) is 0. The molecule has 4 N–H and O–H groups in total. The minimum Gasteiger partial charge on any atom is -0.398 e. The predicted molar refractivity (Wildman–Crippen MR) is 66.8 cm³/mol. The number of benzene rings is 1. The van der Waals surface area contributed by atoms with Crippen LogP contribution in [0.15, 0.2) is 18.2 Å². The quantitative estimate of drug-likeness (QED) is 0.411. The van der Waals surface area contributed by atoms with Gasteiger partial charge >= 0.3 is 0 Å². The number of non-ortho nitro benzene ring substituents is 1. The summed E-state index contributed by atoms with van der Waals surface area (Å²) in [6, 6.07) is 4.16. The average molecular weight is 239 g/mol. The van der Waals surface area contributed by atoms with E-state index in [-0.39, 0.29) is 24.3 Å². The number of aliphatic hydroxyl groups excluding tert-OH is 1. The van der Waals surface area contributed by atoms with Crippen LogP contribution < -0.4 is 11.1 Å². The van der Waals surface area contributed by atoms with Gasteiger partial charge in [0.05, 0.1) is 17.6 Å². The van der Waals surface area contributed by atoms with Crippen molar-refractivity contribution in [3.63, 3.8) is 0 Å². The Kier molecular flexibility index (Phi) is 4.28. The summed E-state index contributed by atoms with van der Waals surface area (Å²) in [7, 11) is 0. The molecule has 6 heteroatoms. The minimum absolute atomic E-state index is 0.0414. The molecule has 1 atom stereocenters. The lowest BCUT2D eigenvalue weighted by Gasteiger charge is -2.21. The van der Waals surface area contributed by atoms with Crippen LogP contribution in [-0.4, -0.2) is 22.7 Å². The van der Waals surface area contributed by atoms with Gasteiger partial charge in [0.1, 0.15) is 0 Å². The second-order valence-electron chi connectivity index (χ2n) is 4.25. The Morgan fingerprint density at radius 2 is 2.12 bits per heavy atom. The molecular weight excluding hydrogens is 222 g/mol. The molecule has 0 saturated heterocycles. The van der Waals surface area contributed by atoms with Gasteiger partial charge in [0, 0.05) is 23.5 Å². The Bertz CT molecular complexity index is 407. The van der Waals surface area contributed by atoms with Crippen molar-refractivity contribution < 1.29 is 10.0 Å². The van der Waals surface area contributed by atoms with Crippen LogP contribution >= 0.6 is 0 Å². The minimum atomic E-state index is -0.495. The van der Waals surface area contributed by atoms with Gasteiger partial charge in [0.25, 0.3) is 5.69 Å². The number of nitrogens with zero attached hydrogens (tertiary/aromatic N) is 1. The normalized spacial score (nSPS) is 12.5. The number of nitrogens with one attached hydrogen (secondary N) is 1. The van der Waals surface area contributed by atoms with E-state index in [1.165, 1.54) is 12.1 Å². The zero-order valence-electron chi connectivity index (χ0n) is 9.88. The molecule has 0 radical (unpaired) electrons. The average Bonchev–Trinajstić information content (AvgIpc) is 2.24. The fourth-order valence-corrected chi connectivity index (χ4v) is 1.46. The van der Waals surface area contributed by atoms with Crippen LogP contribution in [-0.2, 0) is 0 Å². The number of nitro groups is 1. The van der Waals surface area contributed by atoms with Crippen molar-refractivity contribution in [3.8, 4) is 0 Å². The maximum Gasteiger partial charge on any atom is 0.273 e. The Hall–Kier alpha value is -1.82. The zero-order chi connectivity index (χ0) is 13.0. The van der Waals surface area contributed by atoms with Gasteiger partial charge in [0.2, 0.25) is 0 Å². The van der Waals surface area contributed by atoms with Crippen molar-refractivity contribution in [1.82, 2.24) is 0 Å². The fourth-order valence-electron chi connectivity index (χ4n) is 1.46. The second-order valence-corrected chi connectivity index (χ2v) is 4.25. The number of rotatable bonds is 5. The maximum absolute atomic E-state index is 10.7. The number of nitro benzene ring substituents is 1. The van der Waals surface area contributed by atoms with Gasteiger partial charge < -0.3 is 16.2 Å². The van der Waals surface area contributed by atoms with Gasteiger partial charge in [-0.2, -0.15) is 0 Å². The third kappa shape index (κ3) is 3.60. The third-order valence-corrected chi connectivity index (χ3v) is 2.50. The summed E-state index contributed by atoms with van der Waals surface area (Å²) < 4.78 is 0. The van der Waals surface area contributed by atoms with Gasteiger partial charge in [0.15, 0.2) is 0 Å². The maximum atomic E-state index is 10.7. The van der Waals surface area contributed by atoms with Crippen LogP contribution in [0.2, 0.25) is 0 Å². The molecular formula is C11H17N3O3. The van der Waals surface area contributed by atoms with Gasteiger partial charge in [-0.1, -0.05) is 13.8 Å². The smallest absolute Gasteiger partial charge is 0.273 e. The van der Waals surface area contributed by atoms with Crippen molar-refractivity contribution in [1.29, 1.82) is 0 Å². The Labute approximate surface area is 99.6 Å². The number of hydrogen-bond acceptors (Lipinski definition) is 5. The molecule has 0 amide bonds. The zero-order valence-corrected chi connectivity index (χ0v) is 9.88. The SMILES string of the molecule is CC(C)C(CO)Nc1cc(N)cc([N+](=O)[O-])c1. The summed E-state index contributed by atoms with van der Waals surface area (Å²) in [6.45, 7) is 3.86. The Balaban J connectivity index is 2.94. The number of anilines is 2. The van der Waals surface area contributed by atoms with Gasteiger partial charge in [-0.15, -0.1) is 0 Å². The van der Waals surface area contributed by atoms with Crippen LogP contribution in [0.1, 0.15) is 13.8 Å². The van der Waals surface area contributed by atoms with E-state index in [0.717, 1.165) is 0 Å². The highest BCUT2D eigenvalue weighted by Crippen LogP contribution is 2.23. The van der Waals surface area contributed by atoms with Crippen LogP contribution in [0.4, 0.5) is 17.1 Å². The van der Waals surface area contributed by atoms with E-state index in [1.54, 1.807) is 6.07 Å². The second kappa shape index (κ2) is 5.49. The van der Waals surface area contributed by atoms with E-state index in [9.17, 15) is 15.2 Å². The van der Waals surface area contributed by atoms with Crippen LogP contribution in [0.25, 0.3) is 0 Å². The van der Waals surface area contributed by atoms with Gasteiger partial charge in [-0.05, 0) is 12.0 Å². The first-order valence-corrected chi connectivity index (χ1v) is 5.36. The molecule has 0 fully saturated rings. The molecule has 1 rings (SSSR count). The van der Waals surface area contributed by atoms with E-state index in [2.05, 4.69) is 5.32 Å². The fraction of sp³-hybridized carbons (Fsp3) is 0.455. The predicted octanol–water partition coefficient (Wildman–Crippen LogP) is 1.61. The molecule has 1 aromatic carbocycles. The van der Waals surface area contributed by atoms with E-state index in [0.29, 0.717) is 11.4 Å². The summed E-state index contributed by atoms with van der Waals surface area (Å²) >= 11 is 0. The van der Waals surface area contributed by atoms with Crippen molar-refractivity contribution in [2.45, 2.75) is 19.9 Å². The highest BCUT2D eigenvalue weighted by Gasteiger charge is 2.14. The number of nitrogens with two attached hydrogens (primary N) is 1. The number of aliphatic hydroxyl groups is 1. The number of hydrogen-bond donors (Lipinski definition) is 3. The molecule has 0 saturated carbocycles. The van der Waals surface area contributed by atoms with E-state index < -0.39 is 4.92 Å². The molecule has 0 heterocycles. The first-order chi connectivity index (χ1) is 7.93. The van der Waals surface area contributed by atoms with Gasteiger partial charge in [-0.25, -0.2) is 0 Å². The lowest BCUT2D eigenvalue weighted by molar-refractivity contribution is -0.384. The Morgan fingerprint density at radius 1 is 1.47 bits per heavy atom. The lowest BCUT2D eigenvalue weighted by Crippen LogP contribution is -2.29. The van der Waals surface area contributed by atoms with Crippen molar-refractivity contribution in [2.24, 2.45) is 5.92 Å². The molecule has 0 aromatic heterocycles. The molecule has 0 aliphatic rings. The van der Waals surface area contributed by atoms with Crippen LogP contribution in [0, 0.1) is 16.0 Å². The first kappa shape index (κ1) is 13.2. The highest BCUT2D eigenvalue weighted by atomic mass is 16.6. The summed E-state index contributed by atoms with van der Waals surface area (Å²) in [4.78, 5) is 10.2. The summed E-state index contributed by atoms with van der Waals surface area (Å²) in [5.74, 6) is 0.209. The lowest BCUT2D eigenvalue weighted by atomic mass is 10.0. The largest absolute Gasteiger partial charge is 0.398 e. The van der Waals surface area contributed by atoms with E-state index in [1.807, 2.05) is 13.8 Å². The monoisotopic (exact) mass is 239 g/mol. The van der Waals surface area contributed by atoms with Crippen molar-refractivity contribution >= 4 is 17.1 Å². The molecule has 1 aromatic rings. The number of nitrogen functional groups attached to an aromatic ring is 1. The van der Waals surface area contributed by atoms with Crippen LogP contribution in [0.5, 0.6) is 0 Å². The first-order valence-electron chi connectivity index (χ1n) is 5.36. The van der Waals surface area contributed by atoms with Crippen molar-refractivity contribution in [2.75, 3.05) is 17.7 Å². The summed E-state index contributed by atoms with van der Waals surface area (Å²) in [5, 5.41) is 22.9. The molecule has 94 valence electrons. The third-order valence-electron chi connectivity index (χ3n) is 2.50. The molecule has 6 nitrogen and oxygen atoms in total. The molecule has 0 bridgehead atoms. The van der Waals surface area contributed by atoms with E-state index in [4.69, 9.17) is 5.73 Å². The van der Waals surface area contributed by atoms with Crippen LogP contribution in [0.3, 0.4) is 0 Å². The summed E-state index contributed by atoms with van der Waals surface area (Å²) in [5.41, 5.74) is 6.39. The molecule has 0 aliphatic carbocycles. The molecule has 0 spiro atoms. The molecule has 17 heavy (non-hydrogen) atoms. The molecule has 1 unspecified atom stereocenters. The van der Waals surface area contributed by atoms with E-state index >= 15 is 0 Å². The topological polar surface area (TPSA) is 101 Å². The standard InChI is InChI=1S/C11H17N3O3/c1-7(2)11(6-15)13-9-3-8(12)4-10(5-9)14(16)17/h3-5,7,11,13,15H,6,12H2,1-2H3. The van der Waals surface area contributed by atoms with Crippen molar-refractivity contribution in [3.05, 3.63) is 28.3 Å². The Morgan fingerprint density at radius 3 is 2.59 bits per heavy atom. The molecule has 0 aliphatic heterocycles. The highest BCUT2D eigenvalue weighted by molar-refractivity contribution is 5.61.